The van der Waals surface area contributed by atoms with Crippen LogP contribution in [0.25, 0.3) is 0 Å². The molecule has 0 spiro atoms. The number of likely N-dealkylation sites (tertiary alicyclic amines) is 1. The molecule has 3 atom stereocenters. The second-order valence-electron chi connectivity index (χ2n) is 6.68. The van der Waals surface area contributed by atoms with Crippen LogP contribution < -0.4 is 5.32 Å². The lowest BCUT2D eigenvalue weighted by Crippen LogP contribution is -2.40. The summed E-state index contributed by atoms with van der Waals surface area (Å²) < 4.78 is 0. The molecular formula is C19H23N3O. The first-order valence-electron chi connectivity index (χ1n) is 8.55. The molecule has 120 valence electrons. The zero-order chi connectivity index (χ0) is 15.6. The van der Waals surface area contributed by atoms with Gasteiger partial charge in [0.15, 0.2) is 0 Å². The maximum Gasteiger partial charge on any atom is 0.317 e. The Bertz CT molecular complexity index is 653. The zero-order valence-corrected chi connectivity index (χ0v) is 13.2. The number of aromatic nitrogens is 1. The summed E-state index contributed by atoms with van der Waals surface area (Å²) in [7, 11) is 0. The third-order valence-electron chi connectivity index (χ3n) is 5.16. The molecule has 2 fully saturated rings. The predicted molar refractivity (Wildman–Crippen MR) is 90.2 cm³/mol. The van der Waals surface area contributed by atoms with Crippen LogP contribution >= 0.6 is 0 Å². The number of hydrogen-bond acceptors (Lipinski definition) is 1. The molecule has 0 radical (unpaired) electrons. The van der Waals surface area contributed by atoms with Crippen LogP contribution in [0.15, 0.2) is 48.7 Å². The molecule has 2 N–H and O–H groups in total. The summed E-state index contributed by atoms with van der Waals surface area (Å²) in [6.07, 6.45) is 5.24. The largest absolute Gasteiger partial charge is 0.363 e. The van der Waals surface area contributed by atoms with Crippen LogP contribution in [0.5, 0.6) is 0 Å². The minimum absolute atomic E-state index is 0.0841. The monoisotopic (exact) mass is 309 g/mol. The van der Waals surface area contributed by atoms with E-state index in [1.54, 1.807) is 0 Å². The van der Waals surface area contributed by atoms with Gasteiger partial charge in [0.25, 0.3) is 0 Å². The van der Waals surface area contributed by atoms with Crippen LogP contribution in [-0.4, -0.2) is 29.0 Å². The van der Waals surface area contributed by atoms with Gasteiger partial charge in [0, 0.05) is 25.0 Å². The van der Waals surface area contributed by atoms with Crippen molar-refractivity contribution in [2.75, 3.05) is 13.1 Å². The van der Waals surface area contributed by atoms with Gasteiger partial charge in [-0.2, -0.15) is 0 Å². The zero-order valence-electron chi connectivity index (χ0n) is 13.2. The molecule has 1 aromatic carbocycles. The Morgan fingerprint density at radius 3 is 2.87 bits per heavy atom. The summed E-state index contributed by atoms with van der Waals surface area (Å²) in [4.78, 5) is 17.8. The summed E-state index contributed by atoms with van der Waals surface area (Å²) in [5.74, 6) is 1.21. The second kappa shape index (κ2) is 6.11. The average molecular weight is 309 g/mol. The van der Waals surface area contributed by atoms with Crippen molar-refractivity contribution in [1.82, 2.24) is 15.2 Å². The number of benzene rings is 1. The van der Waals surface area contributed by atoms with E-state index in [-0.39, 0.29) is 12.1 Å². The topological polar surface area (TPSA) is 48.1 Å². The van der Waals surface area contributed by atoms with Crippen molar-refractivity contribution in [3.8, 4) is 0 Å². The Hall–Kier alpha value is -2.23. The van der Waals surface area contributed by atoms with Crippen molar-refractivity contribution in [1.29, 1.82) is 0 Å². The summed E-state index contributed by atoms with van der Waals surface area (Å²) in [5.41, 5.74) is 2.54. The number of carbonyl (C=O) groups excluding carboxylic acids is 1. The number of carbonyl (C=O) groups is 1. The lowest BCUT2D eigenvalue weighted by atomic mass is 10.1. The van der Waals surface area contributed by atoms with Gasteiger partial charge in [-0.05, 0) is 48.8 Å². The molecule has 0 unspecified atom stereocenters. The molecule has 2 aliphatic rings. The van der Waals surface area contributed by atoms with Crippen LogP contribution in [0.1, 0.15) is 42.5 Å². The lowest BCUT2D eigenvalue weighted by Gasteiger charge is -2.24. The summed E-state index contributed by atoms with van der Waals surface area (Å²) >= 11 is 0. The van der Waals surface area contributed by atoms with Crippen molar-refractivity contribution in [2.45, 2.75) is 31.2 Å². The van der Waals surface area contributed by atoms with Crippen molar-refractivity contribution in [2.24, 2.45) is 5.92 Å². The van der Waals surface area contributed by atoms with E-state index < -0.39 is 0 Å². The Balaban J connectivity index is 1.31. The predicted octanol–water partition coefficient (Wildman–Crippen LogP) is 3.66. The fraction of sp³-hybridized carbons (Fsp3) is 0.421. The Kier molecular flexibility index (Phi) is 3.82. The number of nitrogens with zero attached hydrogens (tertiary/aromatic N) is 1. The molecule has 4 heteroatoms. The van der Waals surface area contributed by atoms with Crippen LogP contribution in [-0.2, 0) is 0 Å². The van der Waals surface area contributed by atoms with Gasteiger partial charge in [0.2, 0.25) is 0 Å². The standard InChI is InChI=1S/C19H23N3O/c23-19(22-11-5-9-18(22)17-8-4-10-20-17)21-13-15-12-16(15)14-6-2-1-3-7-14/h1-4,6-8,10,15-16,18,20H,5,9,11-13H2,(H,21,23)/t15-,16+,18-/m0/s1. The van der Waals surface area contributed by atoms with E-state index in [0.29, 0.717) is 11.8 Å². The fourth-order valence-electron chi connectivity index (χ4n) is 3.79. The first kappa shape index (κ1) is 14.4. The van der Waals surface area contributed by atoms with Gasteiger partial charge in [0.05, 0.1) is 6.04 Å². The molecular weight excluding hydrogens is 286 g/mol. The van der Waals surface area contributed by atoms with Gasteiger partial charge in [0.1, 0.15) is 0 Å². The molecule has 4 rings (SSSR count). The summed E-state index contributed by atoms with van der Waals surface area (Å²) in [6.45, 7) is 1.63. The van der Waals surface area contributed by atoms with E-state index in [0.717, 1.165) is 31.6 Å². The Morgan fingerprint density at radius 1 is 1.22 bits per heavy atom. The Labute approximate surface area is 136 Å². The maximum absolute atomic E-state index is 12.5. The Morgan fingerprint density at radius 2 is 2.09 bits per heavy atom. The van der Waals surface area contributed by atoms with Crippen molar-refractivity contribution in [3.05, 3.63) is 59.9 Å². The first-order valence-corrected chi connectivity index (χ1v) is 8.55. The number of urea groups is 1. The number of H-pyrrole nitrogens is 1. The number of amides is 2. The molecule has 1 aliphatic carbocycles. The maximum atomic E-state index is 12.5. The first-order chi connectivity index (χ1) is 11.3. The van der Waals surface area contributed by atoms with Crippen molar-refractivity contribution >= 4 is 6.03 Å². The highest BCUT2D eigenvalue weighted by Crippen LogP contribution is 2.46. The highest BCUT2D eigenvalue weighted by atomic mass is 16.2. The molecule has 2 amide bonds. The highest BCUT2D eigenvalue weighted by molar-refractivity contribution is 5.75. The molecule has 0 bridgehead atoms. The second-order valence-corrected chi connectivity index (χ2v) is 6.68. The van der Waals surface area contributed by atoms with Gasteiger partial charge >= 0.3 is 6.03 Å². The van der Waals surface area contributed by atoms with Crippen LogP contribution in [0, 0.1) is 5.92 Å². The summed E-state index contributed by atoms with van der Waals surface area (Å²) in [6, 6.07) is 15.0. The molecule has 2 heterocycles. The molecule has 23 heavy (non-hydrogen) atoms. The SMILES string of the molecule is O=C(NC[C@@H]1C[C@@H]1c1ccccc1)N1CCC[C@H]1c1ccc[nH]1. The van der Waals surface area contributed by atoms with Gasteiger partial charge in [-0.15, -0.1) is 0 Å². The fourth-order valence-corrected chi connectivity index (χ4v) is 3.79. The van der Waals surface area contributed by atoms with Crippen molar-refractivity contribution < 1.29 is 4.79 Å². The lowest BCUT2D eigenvalue weighted by molar-refractivity contribution is 0.191. The minimum Gasteiger partial charge on any atom is -0.363 e. The van der Waals surface area contributed by atoms with E-state index in [4.69, 9.17) is 0 Å². The van der Waals surface area contributed by atoms with E-state index in [9.17, 15) is 4.79 Å². The minimum atomic E-state index is 0.0841. The van der Waals surface area contributed by atoms with Gasteiger partial charge in [-0.25, -0.2) is 4.79 Å². The molecule has 1 aromatic heterocycles. The molecule has 2 aromatic rings. The summed E-state index contributed by atoms with van der Waals surface area (Å²) in [5, 5.41) is 3.15. The molecule has 1 saturated carbocycles. The molecule has 1 saturated heterocycles. The van der Waals surface area contributed by atoms with Crippen LogP contribution in [0.2, 0.25) is 0 Å². The molecule has 1 aliphatic heterocycles. The average Bonchev–Trinajstić information content (AvgIpc) is 2.99. The number of rotatable bonds is 4. The van der Waals surface area contributed by atoms with E-state index in [1.807, 2.05) is 17.2 Å². The van der Waals surface area contributed by atoms with E-state index >= 15 is 0 Å². The smallest absolute Gasteiger partial charge is 0.317 e. The number of aromatic amines is 1. The third-order valence-corrected chi connectivity index (χ3v) is 5.16. The molecule has 4 nitrogen and oxygen atoms in total. The van der Waals surface area contributed by atoms with Gasteiger partial charge < -0.3 is 15.2 Å². The van der Waals surface area contributed by atoms with Crippen LogP contribution in [0.4, 0.5) is 4.79 Å². The van der Waals surface area contributed by atoms with Gasteiger partial charge in [-0.3, -0.25) is 0 Å². The van der Waals surface area contributed by atoms with E-state index in [2.05, 4.69) is 46.7 Å². The normalized spacial score (nSPS) is 26.3. The van der Waals surface area contributed by atoms with Crippen LogP contribution in [0.3, 0.4) is 0 Å². The quantitative estimate of drug-likeness (QED) is 0.889. The van der Waals surface area contributed by atoms with Crippen molar-refractivity contribution in [3.63, 3.8) is 0 Å². The number of hydrogen-bond donors (Lipinski definition) is 2. The third kappa shape index (κ3) is 2.98. The van der Waals surface area contributed by atoms with E-state index in [1.165, 1.54) is 12.0 Å². The number of nitrogens with one attached hydrogen (secondary N) is 2. The van der Waals surface area contributed by atoms with Gasteiger partial charge in [-0.1, -0.05) is 30.3 Å². The highest BCUT2D eigenvalue weighted by Gasteiger charge is 2.39.